The second-order valence-electron chi connectivity index (χ2n) is 4.62. The van der Waals surface area contributed by atoms with E-state index in [0.717, 1.165) is 11.3 Å². The van der Waals surface area contributed by atoms with Gasteiger partial charge in [0, 0.05) is 7.05 Å². The molecule has 5 nitrogen and oxygen atoms in total. The fourth-order valence-corrected chi connectivity index (χ4v) is 2.72. The van der Waals surface area contributed by atoms with Crippen LogP contribution in [0.5, 0.6) is 0 Å². The molecule has 100 valence electrons. The van der Waals surface area contributed by atoms with Crippen LogP contribution >= 0.6 is 11.6 Å². The Hall–Kier alpha value is -1.40. The van der Waals surface area contributed by atoms with Crippen LogP contribution in [0.3, 0.4) is 0 Å². The van der Waals surface area contributed by atoms with Gasteiger partial charge in [0.2, 0.25) is 0 Å². The van der Waals surface area contributed by atoms with Crippen molar-refractivity contribution in [2.24, 2.45) is 12.9 Å². The standard InChI is InChI=1S/C13H15ClN4O/c1-18-13(11(14)5-16-18)12(17-15)8-2-3-9-6-19-7-10(9)4-8/h2-5,12,17H,6-7,15H2,1H3. The lowest BCUT2D eigenvalue weighted by atomic mass is 9.99. The Balaban J connectivity index is 2.03. The van der Waals surface area contributed by atoms with Crippen molar-refractivity contribution in [3.05, 3.63) is 51.8 Å². The summed E-state index contributed by atoms with van der Waals surface area (Å²) in [4.78, 5) is 0. The van der Waals surface area contributed by atoms with E-state index in [9.17, 15) is 0 Å². The predicted molar refractivity (Wildman–Crippen MR) is 72.3 cm³/mol. The Morgan fingerprint density at radius 2 is 2.21 bits per heavy atom. The third-order valence-corrected chi connectivity index (χ3v) is 3.75. The van der Waals surface area contributed by atoms with Crippen LogP contribution in [0.1, 0.15) is 28.4 Å². The molecule has 2 aromatic rings. The number of nitrogens with two attached hydrogens (primary N) is 1. The number of fused-ring (bicyclic) bond motifs is 1. The highest BCUT2D eigenvalue weighted by Crippen LogP contribution is 2.30. The zero-order valence-corrected chi connectivity index (χ0v) is 11.3. The number of nitrogens with one attached hydrogen (secondary N) is 1. The van der Waals surface area contributed by atoms with E-state index >= 15 is 0 Å². The van der Waals surface area contributed by atoms with Gasteiger partial charge < -0.3 is 4.74 Å². The normalized spacial score (nSPS) is 15.5. The van der Waals surface area contributed by atoms with E-state index in [0.29, 0.717) is 18.2 Å². The maximum atomic E-state index is 6.18. The van der Waals surface area contributed by atoms with Crippen LogP contribution in [0.4, 0.5) is 0 Å². The quantitative estimate of drug-likeness (QED) is 0.662. The zero-order valence-electron chi connectivity index (χ0n) is 10.6. The summed E-state index contributed by atoms with van der Waals surface area (Å²) in [6, 6.07) is 6.04. The number of benzene rings is 1. The number of aromatic nitrogens is 2. The Morgan fingerprint density at radius 1 is 1.42 bits per heavy atom. The van der Waals surface area contributed by atoms with Crippen molar-refractivity contribution < 1.29 is 4.74 Å². The predicted octanol–water partition coefficient (Wildman–Crippen LogP) is 1.66. The number of hydrazine groups is 1. The van der Waals surface area contributed by atoms with Gasteiger partial charge in [0.1, 0.15) is 0 Å². The third-order valence-electron chi connectivity index (χ3n) is 3.46. The molecule has 0 amide bonds. The molecule has 0 saturated heterocycles. The van der Waals surface area contributed by atoms with Crippen molar-refractivity contribution >= 4 is 11.6 Å². The Bertz CT molecular complexity index is 591. The minimum absolute atomic E-state index is 0.189. The van der Waals surface area contributed by atoms with Gasteiger partial charge in [0.15, 0.2) is 0 Å². The Labute approximate surface area is 116 Å². The lowest BCUT2D eigenvalue weighted by Crippen LogP contribution is -2.30. The van der Waals surface area contributed by atoms with Crippen molar-refractivity contribution in [1.82, 2.24) is 15.2 Å². The van der Waals surface area contributed by atoms with Gasteiger partial charge in [-0.2, -0.15) is 5.10 Å². The summed E-state index contributed by atoms with van der Waals surface area (Å²) >= 11 is 6.18. The first-order valence-electron chi connectivity index (χ1n) is 6.03. The van der Waals surface area contributed by atoms with Gasteiger partial charge in [-0.1, -0.05) is 29.8 Å². The van der Waals surface area contributed by atoms with Crippen molar-refractivity contribution in [3.8, 4) is 0 Å². The summed E-state index contributed by atoms with van der Waals surface area (Å²) < 4.78 is 7.16. The van der Waals surface area contributed by atoms with Crippen molar-refractivity contribution in [2.75, 3.05) is 0 Å². The molecule has 0 bridgehead atoms. The zero-order chi connectivity index (χ0) is 13.4. The molecule has 3 rings (SSSR count). The summed E-state index contributed by atoms with van der Waals surface area (Å²) in [5.74, 6) is 5.70. The molecule has 0 aliphatic carbocycles. The molecule has 0 fully saturated rings. The third kappa shape index (κ3) is 2.15. The van der Waals surface area contributed by atoms with Crippen LogP contribution in [-0.4, -0.2) is 9.78 Å². The van der Waals surface area contributed by atoms with Crippen LogP contribution in [0.2, 0.25) is 5.02 Å². The number of rotatable bonds is 3. The molecule has 1 aromatic heterocycles. The van der Waals surface area contributed by atoms with Crippen molar-refractivity contribution in [2.45, 2.75) is 19.3 Å². The van der Waals surface area contributed by atoms with Gasteiger partial charge in [0.05, 0.1) is 36.2 Å². The molecule has 0 saturated carbocycles. The molecule has 1 atom stereocenters. The minimum atomic E-state index is -0.189. The topological polar surface area (TPSA) is 65.1 Å². The molecule has 0 spiro atoms. The van der Waals surface area contributed by atoms with Crippen LogP contribution < -0.4 is 11.3 Å². The average Bonchev–Trinajstić information content (AvgIpc) is 3.00. The highest BCUT2D eigenvalue weighted by atomic mass is 35.5. The minimum Gasteiger partial charge on any atom is -0.372 e. The molecule has 19 heavy (non-hydrogen) atoms. The van der Waals surface area contributed by atoms with Crippen LogP contribution in [0.25, 0.3) is 0 Å². The van der Waals surface area contributed by atoms with E-state index in [-0.39, 0.29) is 6.04 Å². The van der Waals surface area contributed by atoms with E-state index in [4.69, 9.17) is 22.2 Å². The Morgan fingerprint density at radius 3 is 2.89 bits per heavy atom. The summed E-state index contributed by atoms with van der Waals surface area (Å²) in [5, 5.41) is 4.75. The van der Waals surface area contributed by atoms with Gasteiger partial charge in [-0.3, -0.25) is 10.5 Å². The highest BCUT2D eigenvalue weighted by molar-refractivity contribution is 6.31. The van der Waals surface area contributed by atoms with Gasteiger partial charge in [-0.25, -0.2) is 5.43 Å². The van der Waals surface area contributed by atoms with Gasteiger partial charge in [-0.15, -0.1) is 0 Å². The summed E-state index contributed by atoms with van der Waals surface area (Å²) in [5.41, 5.74) is 7.15. The van der Waals surface area contributed by atoms with E-state index in [1.807, 2.05) is 13.1 Å². The van der Waals surface area contributed by atoms with Crippen LogP contribution in [0, 0.1) is 0 Å². The molecular formula is C13H15ClN4O. The molecule has 6 heteroatoms. The first kappa shape index (κ1) is 12.6. The summed E-state index contributed by atoms with van der Waals surface area (Å²) in [6.45, 7) is 1.34. The second kappa shape index (κ2) is 4.94. The summed E-state index contributed by atoms with van der Waals surface area (Å²) in [7, 11) is 1.85. The maximum absolute atomic E-state index is 6.18. The lowest BCUT2D eigenvalue weighted by Gasteiger charge is -2.18. The lowest BCUT2D eigenvalue weighted by molar-refractivity contribution is 0.134. The number of halogens is 1. The first-order valence-corrected chi connectivity index (χ1v) is 6.41. The fraction of sp³-hybridized carbons (Fsp3) is 0.308. The van der Waals surface area contributed by atoms with Crippen molar-refractivity contribution in [1.29, 1.82) is 0 Å². The van der Waals surface area contributed by atoms with Gasteiger partial charge in [-0.05, 0) is 16.7 Å². The number of hydrogen-bond donors (Lipinski definition) is 2. The van der Waals surface area contributed by atoms with Crippen LogP contribution in [0.15, 0.2) is 24.4 Å². The Kier molecular flexibility index (Phi) is 3.28. The first-order chi connectivity index (χ1) is 9.20. The molecule has 0 radical (unpaired) electrons. The highest BCUT2D eigenvalue weighted by Gasteiger charge is 2.21. The van der Waals surface area contributed by atoms with Gasteiger partial charge >= 0.3 is 0 Å². The van der Waals surface area contributed by atoms with E-state index < -0.39 is 0 Å². The number of aryl methyl sites for hydroxylation is 1. The second-order valence-corrected chi connectivity index (χ2v) is 5.03. The molecule has 1 aliphatic rings. The molecule has 1 aromatic carbocycles. The number of ether oxygens (including phenoxy) is 1. The maximum Gasteiger partial charge on any atom is 0.0893 e. The molecule has 1 unspecified atom stereocenters. The fourth-order valence-electron chi connectivity index (χ4n) is 2.45. The summed E-state index contributed by atoms with van der Waals surface area (Å²) in [6.07, 6.45) is 1.62. The van der Waals surface area contributed by atoms with E-state index in [2.05, 4.69) is 22.7 Å². The SMILES string of the molecule is Cn1ncc(Cl)c1C(NN)c1ccc2c(c1)COC2. The largest absolute Gasteiger partial charge is 0.372 e. The van der Waals surface area contributed by atoms with E-state index in [1.165, 1.54) is 11.1 Å². The van der Waals surface area contributed by atoms with Crippen LogP contribution in [-0.2, 0) is 25.0 Å². The van der Waals surface area contributed by atoms with Gasteiger partial charge in [0.25, 0.3) is 0 Å². The van der Waals surface area contributed by atoms with E-state index in [1.54, 1.807) is 10.9 Å². The smallest absolute Gasteiger partial charge is 0.0893 e. The molecule has 1 aliphatic heterocycles. The monoisotopic (exact) mass is 278 g/mol. The molecular weight excluding hydrogens is 264 g/mol. The molecule has 3 N–H and O–H groups in total. The number of nitrogens with zero attached hydrogens (tertiary/aromatic N) is 2. The average molecular weight is 279 g/mol. The molecule has 2 heterocycles. The van der Waals surface area contributed by atoms with Crippen molar-refractivity contribution in [3.63, 3.8) is 0 Å². The number of hydrogen-bond acceptors (Lipinski definition) is 4.